The van der Waals surface area contributed by atoms with E-state index in [4.69, 9.17) is 24.1 Å². The normalized spacial score (nSPS) is 26.8. The lowest BCUT2D eigenvalue weighted by Crippen LogP contribution is -2.46. The van der Waals surface area contributed by atoms with Crippen molar-refractivity contribution >= 4 is 11.9 Å². The van der Waals surface area contributed by atoms with Crippen LogP contribution in [0.25, 0.3) is 0 Å². The van der Waals surface area contributed by atoms with Crippen molar-refractivity contribution in [3.8, 4) is 0 Å². The Morgan fingerprint density at radius 3 is 1.95 bits per heavy atom. The molecule has 2 aliphatic heterocycles. The minimum absolute atomic E-state index is 0.0337. The molecular weight excluding hydrogens is 272 g/mol. The van der Waals surface area contributed by atoms with Crippen molar-refractivity contribution in [3.63, 3.8) is 0 Å². The minimum atomic E-state index is -1.83. The molecular formula is C12H18O8. The summed E-state index contributed by atoms with van der Waals surface area (Å²) in [7, 11) is 0. The number of carboxylic acid groups (broad SMARTS) is 2. The van der Waals surface area contributed by atoms with Gasteiger partial charge in [0.15, 0.2) is 0 Å². The number of aliphatic carboxylic acids is 2. The molecule has 8 heteroatoms. The van der Waals surface area contributed by atoms with Crippen LogP contribution in [0, 0.1) is 0 Å². The summed E-state index contributed by atoms with van der Waals surface area (Å²) in [5, 5.41) is 18.0. The largest absolute Gasteiger partial charge is 0.481 e. The molecule has 2 rings (SSSR count). The van der Waals surface area contributed by atoms with E-state index < -0.39 is 17.7 Å². The van der Waals surface area contributed by atoms with Crippen molar-refractivity contribution in [2.24, 2.45) is 0 Å². The van der Waals surface area contributed by atoms with Crippen LogP contribution in [0.5, 0.6) is 0 Å². The van der Waals surface area contributed by atoms with Gasteiger partial charge in [0.1, 0.15) is 12.2 Å². The molecule has 2 unspecified atom stereocenters. The Morgan fingerprint density at radius 1 is 1.10 bits per heavy atom. The third-order valence-corrected chi connectivity index (χ3v) is 3.03. The van der Waals surface area contributed by atoms with E-state index in [1.54, 1.807) is 0 Å². The van der Waals surface area contributed by atoms with Crippen molar-refractivity contribution in [1.29, 1.82) is 0 Å². The predicted octanol–water partition coefficient (Wildman–Crippen LogP) is -0.147. The molecule has 2 N–H and O–H groups in total. The van der Waals surface area contributed by atoms with E-state index in [0.717, 1.165) is 0 Å². The van der Waals surface area contributed by atoms with Gasteiger partial charge in [-0.15, -0.1) is 0 Å². The topological polar surface area (TPSA) is 118 Å². The molecule has 2 fully saturated rings. The van der Waals surface area contributed by atoms with Gasteiger partial charge in [0.2, 0.25) is 0 Å². The highest BCUT2D eigenvalue weighted by molar-refractivity contribution is 5.75. The molecule has 2 atom stereocenters. The van der Waals surface area contributed by atoms with E-state index >= 15 is 0 Å². The fourth-order valence-corrected chi connectivity index (χ4v) is 1.67. The van der Waals surface area contributed by atoms with Gasteiger partial charge in [-0.1, -0.05) is 0 Å². The summed E-state index contributed by atoms with van der Waals surface area (Å²) in [4.78, 5) is 22.0. The first-order valence-corrected chi connectivity index (χ1v) is 6.48. The van der Waals surface area contributed by atoms with Crippen molar-refractivity contribution in [1.82, 2.24) is 0 Å². The summed E-state index contributed by atoms with van der Waals surface area (Å²) in [5.74, 6) is -4.07. The van der Waals surface area contributed by atoms with E-state index in [2.05, 4.69) is 0 Å². The van der Waals surface area contributed by atoms with Crippen LogP contribution in [0.4, 0.5) is 0 Å². The van der Waals surface area contributed by atoms with Gasteiger partial charge < -0.3 is 29.2 Å². The molecule has 0 amide bonds. The third kappa shape index (κ3) is 4.71. The molecule has 114 valence electrons. The maximum absolute atomic E-state index is 11.5. The summed E-state index contributed by atoms with van der Waals surface area (Å²) in [6.07, 6.45) is -0.225. The van der Waals surface area contributed by atoms with Gasteiger partial charge in [-0.3, -0.25) is 4.79 Å². The lowest BCUT2D eigenvalue weighted by Gasteiger charge is -2.29. The molecule has 0 aliphatic carbocycles. The lowest BCUT2D eigenvalue weighted by molar-refractivity contribution is -0.249. The highest BCUT2D eigenvalue weighted by Crippen LogP contribution is 2.26. The van der Waals surface area contributed by atoms with Crippen LogP contribution in [0.3, 0.4) is 0 Å². The molecule has 0 spiro atoms. The Kier molecular flexibility index (Phi) is 4.92. The summed E-state index contributed by atoms with van der Waals surface area (Å²) < 4.78 is 20.7. The molecule has 0 aromatic rings. The molecule has 0 aromatic carbocycles. The van der Waals surface area contributed by atoms with E-state index in [-0.39, 0.29) is 44.7 Å². The van der Waals surface area contributed by atoms with Crippen LogP contribution >= 0.6 is 0 Å². The predicted molar refractivity (Wildman–Crippen MR) is 63.2 cm³/mol. The van der Waals surface area contributed by atoms with E-state index in [1.807, 2.05) is 0 Å². The van der Waals surface area contributed by atoms with Crippen LogP contribution in [-0.4, -0.2) is 66.6 Å². The van der Waals surface area contributed by atoms with E-state index in [0.29, 0.717) is 13.2 Å². The van der Waals surface area contributed by atoms with Crippen molar-refractivity contribution < 1.29 is 38.7 Å². The van der Waals surface area contributed by atoms with Crippen LogP contribution in [0.1, 0.15) is 19.3 Å². The molecule has 2 aliphatic rings. The maximum Gasteiger partial charge on any atom is 0.364 e. The number of epoxide rings is 2. The van der Waals surface area contributed by atoms with Gasteiger partial charge in [0.05, 0.1) is 26.4 Å². The number of hydrogen-bond acceptors (Lipinski definition) is 6. The summed E-state index contributed by atoms with van der Waals surface area (Å²) in [6.45, 7) is 1.31. The van der Waals surface area contributed by atoms with Crippen LogP contribution in [0.15, 0.2) is 0 Å². The van der Waals surface area contributed by atoms with Crippen LogP contribution < -0.4 is 0 Å². The summed E-state index contributed by atoms with van der Waals surface area (Å²) in [5.41, 5.74) is 0. The van der Waals surface area contributed by atoms with Gasteiger partial charge in [-0.05, 0) is 6.42 Å². The Bertz CT molecular complexity index is 344. The molecule has 2 saturated heterocycles. The summed E-state index contributed by atoms with van der Waals surface area (Å²) >= 11 is 0. The fraction of sp³-hybridized carbons (Fsp3) is 0.833. The second kappa shape index (κ2) is 6.49. The molecule has 8 nitrogen and oxygen atoms in total. The van der Waals surface area contributed by atoms with Crippen LogP contribution in [0.2, 0.25) is 0 Å². The van der Waals surface area contributed by atoms with Gasteiger partial charge in [0, 0.05) is 12.8 Å². The van der Waals surface area contributed by atoms with Crippen molar-refractivity contribution in [3.05, 3.63) is 0 Å². The first kappa shape index (κ1) is 15.2. The zero-order valence-corrected chi connectivity index (χ0v) is 10.9. The number of ether oxygens (including phenoxy) is 4. The van der Waals surface area contributed by atoms with E-state index in [9.17, 15) is 14.7 Å². The van der Waals surface area contributed by atoms with Crippen molar-refractivity contribution in [2.45, 2.75) is 37.3 Å². The number of rotatable bonds is 11. The Morgan fingerprint density at radius 2 is 1.60 bits per heavy atom. The molecule has 0 radical (unpaired) electrons. The van der Waals surface area contributed by atoms with Gasteiger partial charge in [-0.25, -0.2) is 4.79 Å². The number of carbonyl (C=O) groups is 2. The first-order chi connectivity index (χ1) is 9.52. The Hall–Kier alpha value is -1.22. The SMILES string of the molecule is O=C(O)CCCC(OCC1CO1)(OCC1CO1)C(=O)O. The standard InChI is InChI=1S/C12H18O8/c13-10(14)2-1-3-12(11(15)16,19-6-8-4-17-8)20-7-9-5-18-9/h8-9H,1-7H2,(H,13,14)(H,15,16). The van der Waals surface area contributed by atoms with Gasteiger partial charge in [-0.2, -0.15) is 0 Å². The first-order valence-electron chi connectivity index (χ1n) is 6.48. The molecule has 2 heterocycles. The molecule has 20 heavy (non-hydrogen) atoms. The average Bonchev–Trinajstić information content (AvgIpc) is 3.26. The maximum atomic E-state index is 11.5. The fourth-order valence-electron chi connectivity index (χ4n) is 1.67. The summed E-state index contributed by atoms with van der Waals surface area (Å²) in [6, 6.07) is 0. The van der Waals surface area contributed by atoms with Crippen molar-refractivity contribution in [2.75, 3.05) is 26.4 Å². The Labute approximate surface area is 115 Å². The Balaban J connectivity index is 1.91. The molecule has 0 aromatic heterocycles. The third-order valence-electron chi connectivity index (χ3n) is 3.03. The van der Waals surface area contributed by atoms with E-state index in [1.165, 1.54) is 0 Å². The second-order valence-corrected chi connectivity index (χ2v) is 4.84. The minimum Gasteiger partial charge on any atom is -0.481 e. The second-order valence-electron chi connectivity index (χ2n) is 4.84. The highest BCUT2D eigenvalue weighted by atomic mass is 16.7. The number of hydrogen-bond donors (Lipinski definition) is 2. The smallest absolute Gasteiger partial charge is 0.364 e. The van der Waals surface area contributed by atoms with Gasteiger partial charge in [0.25, 0.3) is 5.79 Å². The lowest BCUT2D eigenvalue weighted by atomic mass is 10.1. The van der Waals surface area contributed by atoms with Crippen LogP contribution in [-0.2, 0) is 28.5 Å². The quantitative estimate of drug-likeness (QED) is 0.398. The van der Waals surface area contributed by atoms with Gasteiger partial charge >= 0.3 is 11.9 Å². The average molecular weight is 290 g/mol. The zero-order valence-electron chi connectivity index (χ0n) is 10.9. The molecule has 0 saturated carbocycles. The number of carboxylic acids is 2. The highest BCUT2D eigenvalue weighted by Gasteiger charge is 2.44. The zero-order chi connectivity index (χ0) is 14.6. The molecule has 0 bridgehead atoms. The monoisotopic (exact) mass is 290 g/mol.